The van der Waals surface area contributed by atoms with Gasteiger partial charge in [0.25, 0.3) is 0 Å². The number of allylic oxidation sites excluding steroid dienone is 1. The Kier molecular flexibility index (Phi) is 2.84. The Bertz CT molecular complexity index is 813. The van der Waals surface area contributed by atoms with Gasteiger partial charge in [0.2, 0.25) is 5.78 Å². The number of hydrogen-bond donors (Lipinski definition) is 4. The van der Waals surface area contributed by atoms with Crippen molar-refractivity contribution in [2.24, 2.45) is 0 Å². The minimum Gasteiger partial charge on any atom is -0.867 e. The van der Waals surface area contributed by atoms with Crippen LogP contribution in [0, 0.1) is 0 Å². The maximum absolute atomic E-state index is 12.1. The van der Waals surface area contributed by atoms with Gasteiger partial charge in [0.1, 0.15) is 34.3 Å². The number of phenols is 4. The van der Waals surface area contributed by atoms with Crippen LogP contribution in [0.2, 0.25) is 0 Å². The molecule has 0 amide bonds. The van der Waals surface area contributed by atoms with Crippen molar-refractivity contribution >= 4 is 11.9 Å². The fraction of sp³-hybridized carbons (Fsp3) is 0. The lowest BCUT2D eigenvalue weighted by molar-refractivity contribution is -0.272. The van der Waals surface area contributed by atoms with Crippen LogP contribution in [0.4, 0.5) is 0 Å². The molecule has 2 aromatic rings. The van der Waals surface area contributed by atoms with E-state index in [9.17, 15) is 30.3 Å². The number of fused-ring (bicyclic) bond motifs is 1. The molecule has 0 bridgehead atoms. The van der Waals surface area contributed by atoms with E-state index in [0.29, 0.717) is 0 Å². The maximum atomic E-state index is 12.1. The van der Waals surface area contributed by atoms with Crippen molar-refractivity contribution in [3.63, 3.8) is 0 Å². The molecule has 112 valence electrons. The summed E-state index contributed by atoms with van der Waals surface area (Å²) in [6.45, 7) is 0. The van der Waals surface area contributed by atoms with Crippen molar-refractivity contribution in [1.29, 1.82) is 0 Å². The third kappa shape index (κ3) is 2.05. The Labute approximate surface area is 123 Å². The highest BCUT2D eigenvalue weighted by atomic mass is 16.5. The molecule has 0 spiro atoms. The van der Waals surface area contributed by atoms with Crippen LogP contribution in [0.3, 0.4) is 0 Å². The molecule has 0 radical (unpaired) electrons. The lowest BCUT2D eigenvalue weighted by Crippen LogP contribution is -1.98. The second-order valence-corrected chi connectivity index (χ2v) is 4.67. The Hall–Kier alpha value is -3.35. The monoisotopic (exact) mass is 301 g/mol. The summed E-state index contributed by atoms with van der Waals surface area (Å²) in [6, 6.07) is 4.30. The predicted octanol–water partition coefficient (Wildman–Crippen LogP) is 1.20. The van der Waals surface area contributed by atoms with Gasteiger partial charge in [-0.15, -0.1) is 0 Å². The topological polar surface area (TPSA) is 130 Å². The van der Waals surface area contributed by atoms with Crippen LogP contribution in [0.5, 0.6) is 34.5 Å². The molecule has 1 aliphatic heterocycles. The molecule has 7 heteroatoms. The third-order valence-corrected chi connectivity index (χ3v) is 3.11. The van der Waals surface area contributed by atoms with Crippen molar-refractivity contribution in [1.82, 2.24) is 0 Å². The summed E-state index contributed by atoms with van der Waals surface area (Å²) in [4.78, 5) is 12.1. The molecule has 0 atom stereocenters. The van der Waals surface area contributed by atoms with E-state index < -0.39 is 28.8 Å². The zero-order valence-corrected chi connectivity index (χ0v) is 10.9. The molecular weight excluding hydrogens is 292 g/mol. The number of aromatic hydroxyl groups is 4. The molecular formula is C15H9O7-. The fourth-order valence-electron chi connectivity index (χ4n) is 2.13. The van der Waals surface area contributed by atoms with Gasteiger partial charge < -0.3 is 30.3 Å². The molecule has 0 aromatic heterocycles. The molecule has 4 N–H and O–H groups in total. The van der Waals surface area contributed by atoms with Gasteiger partial charge in [-0.05, 0) is 29.5 Å². The van der Waals surface area contributed by atoms with Crippen molar-refractivity contribution in [2.45, 2.75) is 0 Å². The first-order chi connectivity index (χ1) is 10.4. The molecule has 0 saturated carbocycles. The van der Waals surface area contributed by atoms with E-state index in [0.717, 1.165) is 18.2 Å². The summed E-state index contributed by atoms with van der Waals surface area (Å²) >= 11 is 0. The number of Topliss-reactive ketones (excluding diaryl/α,β-unsaturated/α-hetero) is 1. The first-order valence-corrected chi connectivity index (χ1v) is 6.10. The highest BCUT2D eigenvalue weighted by molar-refractivity contribution is 6.16. The molecule has 1 aliphatic rings. The van der Waals surface area contributed by atoms with Gasteiger partial charge in [-0.1, -0.05) is 0 Å². The SMILES string of the molecule is O=C1/C(=C/c2cc(O)c([O-])c(O)c2)Oc2cc(O)cc(O)c21. The number of ether oxygens (including phenoxy) is 1. The maximum Gasteiger partial charge on any atom is 0.235 e. The normalized spacial score (nSPS) is 14.9. The van der Waals surface area contributed by atoms with Crippen LogP contribution in [0.1, 0.15) is 15.9 Å². The summed E-state index contributed by atoms with van der Waals surface area (Å²) in [6.07, 6.45) is 1.19. The summed E-state index contributed by atoms with van der Waals surface area (Å²) in [5.41, 5.74) is 0.0624. The van der Waals surface area contributed by atoms with Gasteiger partial charge >= 0.3 is 0 Å². The van der Waals surface area contributed by atoms with Crippen molar-refractivity contribution in [3.8, 4) is 34.5 Å². The second-order valence-electron chi connectivity index (χ2n) is 4.67. The summed E-state index contributed by atoms with van der Waals surface area (Å²) in [5, 5.41) is 49.0. The van der Waals surface area contributed by atoms with Crippen LogP contribution in [-0.2, 0) is 0 Å². The molecule has 2 aromatic carbocycles. The van der Waals surface area contributed by atoms with Crippen LogP contribution in [-0.4, -0.2) is 26.2 Å². The van der Waals surface area contributed by atoms with E-state index in [1.165, 1.54) is 12.1 Å². The fourth-order valence-corrected chi connectivity index (χ4v) is 2.13. The highest BCUT2D eigenvalue weighted by Crippen LogP contribution is 2.41. The lowest BCUT2D eigenvalue weighted by atomic mass is 10.1. The number of carbonyl (C=O) groups excluding carboxylic acids is 1. The number of ketones is 1. The average molecular weight is 301 g/mol. The van der Waals surface area contributed by atoms with Crippen LogP contribution >= 0.6 is 0 Å². The zero-order chi connectivity index (χ0) is 16.0. The number of rotatable bonds is 1. The Morgan fingerprint density at radius 3 is 2.23 bits per heavy atom. The van der Waals surface area contributed by atoms with Gasteiger partial charge in [-0.25, -0.2) is 0 Å². The number of hydrogen-bond acceptors (Lipinski definition) is 7. The number of benzene rings is 2. The van der Waals surface area contributed by atoms with E-state index in [2.05, 4.69) is 0 Å². The van der Waals surface area contributed by atoms with Crippen molar-refractivity contribution in [3.05, 3.63) is 41.2 Å². The largest absolute Gasteiger partial charge is 0.867 e. The van der Waals surface area contributed by atoms with Gasteiger partial charge in [-0.2, -0.15) is 0 Å². The van der Waals surface area contributed by atoms with Gasteiger partial charge in [0, 0.05) is 12.1 Å². The van der Waals surface area contributed by atoms with E-state index in [4.69, 9.17) is 4.74 Å². The third-order valence-electron chi connectivity index (χ3n) is 3.11. The molecule has 0 saturated heterocycles. The average Bonchev–Trinajstić information content (AvgIpc) is 2.72. The highest BCUT2D eigenvalue weighted by Gasteiger charge is 2.31. The Balaban J connectivity index is 2.05. The molecule has 0 fully saturated rings. The van der Waals surface area contributed by atoms with Crippen LogP contribution in [0.15, 0.2) is 30.0 Å². The van der Waals surface area contributed by atoms with E-state index in [1.54, 1.807) is 0 Å². The zero-order valence-electron chi connectivity index (χ0n) is 10.9. The molecule has 0 unspecified atom stereocenters. The minimum atomic E-state index is -0.924. The number of carbonyl (C=O) groups is 1. The molecule has 3 rings (SSSR count). The first-order valence-electron chi connectivity index (χ1n) is 6.10. The van der Waals surface area contributed by atoms with E-state index in [1.807, 2.05) is 0 Å². The molecule has 1 heterocycles. The lowest BCUT2D eigenvalue weighted by Gasteiger charge is -2.11. The smallest absolute Gasteiger partial charge is 0.235 e. The van der Waals surface area contributed by atoms with Crippen molar-refractivity contribution in [2.75, 3.05) is 0 Å². The number of phenolic OH excluding ortho intramolecular Hbond substituents is 4. The summed E-state index contributed by atoms with van der Waals surface area (Å²) < 4.78 is 5.24. The first kappa shape index (κ1) is 13.6. The van der Waals surface area contributed by atoms with E-state index >= 15 is 0 Å². The van der Waals surface area contributed by atoms with E-state index in [-0.39, 0.29) is 28.4 Å². The standard InChI is InChI=1S/C15H10O7/c16-7-4-8(17)13-11(5-7)22-12(15(13)21)3-6-1-9(18)14(20)10(19)2-6/h1-5,16-20H/p-1/b12-3-. The predicted molar refractivity (Wildman–Crippen MR) is 71.9 cm³/mol. The molecule has 7 nitrogen and oxygen atoms in total. The quantitative estimate of drug-likeness (QED) is 0.582. The minimum absolute atomic E-state index is 0.0114. The van der Waals surface area contributed by atoms with Crippen molar-refractivity contribution < 1.29 is 35.1 Å². The second kappa shape index (κ2) is 4.59. The molecule has 22 heavy (non-hydrogen) atoms. The van der Waals surface area contributed by atoms with Gasteiger partial charge in [-0.3, -0.25) is 4.79 Å². The van der Waals surface area contributed by atoms with Gasteiger partial charge in [0.05, 0.1) is 0 Å². The van der Waals surface area contributed by atoms with Crippen LogP contribution in [0.25, 0.3) is 6.08 Å². The van der Waals surface area contributed by atoms with Gasteiger partial charge in [0.15, 0.2) is 5.76 Å². The van der Waals surface area contributed by atoms with Crippen LogP contribution < -0.4 is 9.84 Å². The Morgan fingerprint density at radius 1 is 0.955 bits per heavy atom. The Morgan fingerprint density at radius 2 is 1.59 bits per heavy atom. The molecule has 0 aliphatic carbocycles. The summed E-state index contributed by atoms with van der Waals surface area (Å²) in [5.74, 6) is -3.79. The summed E-state index contributed by atoms with van der Waals surface area (Å²) in [7, 11) is 0.